The Kier molecular flexibility index (Phi) is 4.51. The van der Waals surface area contributed by atoms with Gasteiger partial charge in [-0.25, -0.2) is 9.48 Å². The Hall–Kier alpha value is -3.16. The first-order valence-electron chi connectivity index (χ1n) is 7.74. The van der Waals surface area contributed by atoms with Crippen LogP contribution >= 0.6 is 0 Å². The Morgan fingerprint density at radius 2 is 2.00 bits per heavy atom. The topological polar surface area (TPSA) is 102 Å². The number of fused-ring (bicyclic) bond motifs is 1. The zero-order valence-electron chi connectivity index (χ0n) is 13.6. The Morgan fingerprint density at radius 3 is 2.68 bits per heavy atom. The molecule has 1 aromatic carbocycles. The molecule has 0 fully saturated rings. The summed E-state index contributed by atoms with van der Waals surface area (Å²) in [5.41, 5.74) is 1.88. The van der Waals surface area contributed by atoms with Crippen molar-refractivity contribution in [1.29, 1.82) is 0 Å². The van der Waals surface area contributed by atoms with Crippen molar-refractivity contribution < 1.29 is 19.4 Å². The minimum atomic E-state index is -1.06. The molecule has 1 amide bonds. The number of hydrogen-bond donors (Lipinski definition) is 1. The highest BCUT2D eigenvalue weighted by Gasteiger charge is 2.23. The van der Waals surface area contributed by atoms with Gasteiger partial charge in [-0.15, -0.1) is 0 Å². The fourth-order valence-corrected chi connectivity index (χ4v) is 2.69. The van der Waals surface area contributed by atoms with Gasteiger partial charge in [-0.2, -0.15) is 5.10 Å². The van der Waals surface area contributed by atoms with Crippen LogP contribution in [0.2, 0.25) is 0 Å². The molecule has 130 valence electrons. The SMILES string of the molecule is Cn1nc2c(cc1=O)CN(C(=O)c1ccc(OCC(=O)O)cc1)CC2. The lowest BCUT2D eigenvalue weighted by molar-refractivity contribution is -0.139. The van der Waals surface area contributed by atoms with Gasteiger partial charge in [-0.05, 0) is 24.3 Å². The number of benzene rings is 1. The maximum Gasteiger partial charge on any atom is 0.341 e. The number of carboxylic acid groups (broad SMARTS) is 1. The number of aryl methyl sites for hydroxylation is 1. The van der Waals surface area contributed by atoms with Gasteiger partial charge in [-0.3, -0.25) is 9.59 Å². The van der Waals surface area contributed by atoms with E-state index in [0.29, 0.717) is 30.8 Å². The van der Waals surface area contributed by atoms with Crippen LogP contribution in [-0.2, 0) is 24.8 Å². The van der Waals surface area contributed by atoms with E-state index in [1.807, 2.05) is 0 Å². The molecule has 0 bridgehead atoms. The van der Waals surface area contributed by atoms with Gasteiger partial charge in [0.05, 0.1) is 5.69 Å². The van der Waals surface area contributed by atoms with Crippen molar-refractivity contribution in [2.75, 3.05) is 13.2 Å². The van der Waals surface area contributed by atoms with Crippen LogP contribution in [0.25, 0.3) is 0 Å². The Bertz CT molecular complexity index is 873. The molecule has 1 N–H and O–H groups in total. The van der Waals surface area contributed by atoms with Gasteiger partial charge in [0.1, 0.15) is 5.75 Å². The maximum absolute atomic E-state index is 12.6. The van der Waals surface area contributed by atoms with Gasteiger partial charge in [0, 0.05) is 43.8 Å². The van der Waals surface area contributed by atoms with E-state index in [4.69, 9.17) is 9.84 Å². The third kappa shape index (κ3) is 3.68. The molecule has 0 radical (unpaired) electrons. The number of carbonyl (C=O) groups excluding carboxylic acids is 1. The lowest BCUT2D eigenvalue weighted by Crippen LogP contribution is -2.38. The second-order valence-electron chi connectivity index (χ2n) is 5.76. The summed E-state index contributed by atoms with van der Waals surface area (Å²) in [6.45, 7) is 0.432. The molecule has 3 rings (SSSR count). The molecule has 0 saturated heterocycles. The standard InChI is InChI=1S/C17H17N3O5/c1-19-15(21)8-12-9-20(7-6-14(12)18-19)17(24)11-2-4-13(5-3-11)25-10-16(22)23/h2-5,8H,6-7,9-10H2,1H3,(H,22,23). The van der Waals surface area contributed by atoms with Crippen LogP contribution in [0.1, 0.15) is 21.6 Å². The number of amides is 1. The summed E-state index contributed by atoms with van der Waals surface area (Å²) in [4.78, 5) is 36.5. The molecule has 0 aliphatic carbocycles. The van der Waals surface area contributed by atoms with Crippen LogP contribution in [0, 0.1) is 0 Å². The fourth-order valence-electron chi connectivity index (χ4n) is 2.69. The van der Waals surface area contributed by atoms with E-state index in [9.17, 15) is 14.4 Å². The molecule has 1 aliphatic rings. The van der Waals surface area contributed by atoms with E-state index in [1.54, 1.807) is 36.2 Å². The zero-order valence-corrected chi connectivity index (χ0v) is 13.6. The lowest BCUT2D eigenvalue weighted by atomic mass is 10.1. The van der Waals surface area contributed by atoms with Crippen molar-refractivity contribution in [2.45, 2.75) is 13.0 Å². The summed E-state index contributed by atoms with van der Waals surface area (Å²) in [5, 5.41) is 12.8. The van der Waals surface area contributed by atoms with Crippen LogP contribution in [0.4, 0.5) is 0 Å². The van der Waals surface area contributed by atoms with E-state index in [1.165, 1.54) is 10.7 Å². The highest BCUT2D eigenvalue weighted by atomic mass is 16.5. The van der Waals surface area contributed by atoms with Crippen LogP contribution < -0.4 is 10.3 Å². The first-order chi connectivity index (χ1) is 11.9. The molecular formula is C17H17N3O5. The highest BCUT2D eigenvalue weighted by molar-refractivity contribution is 5.94. The summed E-state index contributed by atoms with van der Waals surface area (Å²) in [6.07, 6.45) is 0.592. The molecular weight excluding hydrogens is 326 g/mol. The molecule has 8 nitrogen and oxygen atoms in total. The number of rotatable bonds is 4. The number of aromatic nitrogens is 2. The molecule has 0 spiro atoms. The largest absolute Gasteiger partial charge is 0.482 e. The molecule has 2 aromatic rings. The van der Waals surface area contributed by atoms with Gasteiger partial charge < -0.3 is 14.7 Å². The van der Waals surface area contributed by atoms with E-state index >= 15 is 0 Å². The molecule has 25 heavy (non-hydrogen) atoms. The van der Waals surface area contributed by atoms with Crippen LogP contribution in [0.15, 0.2) is 35.1 Å². The number of nitrogens with zero attached hydrogens (tertiary/aromatic N) is 3. The van der Waals surface area contributed by atoms with E-state index in [2.05, 4.69) is 5.10 Å². The predicted octanol–water partition coefficient (Wildman–Crippen LogP) is 0.442. The van der Waals surface area contributed by atoms with Gasteiger partial charge in [0.2, 0.25) is 0 Å². The summed E-state index contributed by atoms with van der Waals surface area (Å²) in [5.74, 6) is -0.835. The zero-order chi connectivity index (χ0) is 18.0. The molecule has 2 heterocycles. The summed E-state index contributed by atoms with van der Waals surface area (Å²) in [7, 11) is 1.61. The monoisotopic (exact) mass is 343 g/mol. The number of aliphatic carboxylic acids is 1. The lowest BCUT2D eigenvalue weighted by Gasteiger charge is -2.28. The van der Waals surface area contributed by atoms with Gasteiger partial charge in [0.15, 0.2) is 6.61 Å². The van der Waals surface area contributed by atoms with E-state index < -0.39 is 12.6 Å². The van der Waals surface area contributed by atoms with Gasteiger partial charge >= 0.3 is 5.97 Å². The average Bonchev–Trinajstić information content (AvgIpc) is 2.60. The van der Waals surface area contributed by atoms with Crippen molar-refractivity contribution in [3.63, 3.8) is 0 Å². The van der Waals surface area contributed by atoms with Gasteiger partial charge in [-0.1, -0.05) is 0 Å². The van der Waals surface area contributed by atoms with Crippen molar-refractivity contribution in [2.24, 2.45) is 7.05 Å². The number of carbonyl (C=O) groups is 2. The molecule has 8 heteroatoms. The molecule has 0 unspecified atom stereocenters. The van der Waals surface area contributed by atoms with Crippen molar-refractivity contribution >= 4 is 11.9 Å². The number of carboxylic acids is 1. The van der Waals surface area contributed by atoms with E-state index in [0.717, 1.165) is 11.3 Å². The molecule has 1 aromatic heterocycles. The smallest absolute Gasteiger partial charge is 0.341 e. The van der Waals surface area contributed by atoms with Crippen LogP contribution in [0.3, 0.4) is 0 Å². The predicted molar refractivity (Wildman–Crippen MR) is 87.5 cm³/mol. The summed E-state index contributed by atoms with van der Waals surface area (Å²) >= 11 is 0. The fraction of sp³-hybridized carbons (Fsp3) is 0.294. The number of ether oxygens (including phenoxy) is 1. The second-order valence-corrected chi connectivity index (χ2v) is 5.76. The van der Waals surface area contributed by atoms with E-state index in [-0.39, 0.29) is 11.5 Å². The van der Waals surface area contributed by atoms with Crippen molar-refractivity contribution in [1.82, 2.24) is 14.7 Å². The maximum atomic E-state index is 12.6. The Morgan fingerprint density at radius 1 is 1.28 bits per heavy atom. The normalized spacial score (nSPS) is 13.2. The third-order valence-corrected chi connectivity index (χ3v) is 3.99. The molecule has 0 saturated carbocycles. The molecule has 1 aliphatic heterocycles. The second kappa shape index (κ2) is 6.76. The van der Waals surface area contributed by atoms with Crippen LogP contribution in [0.5, 0.6) is 5.75 Å². The quantitative estimate of drug-likeness (QED) is 0.864. The third-order valence-electron chi connectivity index (χ3n) is 3.99. The highest BCUT2D eigenvalue weighted by Crippen LogP contribution is 2.19. The summed E-state index contributed by atoms with van der Waals surface area (Å²) in [6, 6.07) is 7.83. The van der Waals surface area contributed by atoms with Crippen molar-refractivity contribution in [3.8, 4) is 5.75 Å². The average molecular weight is 343 g/mol. The van der Waals surface area contributed by atoms with Crippen molar-refractivity contribution in [3.05, 3.63) is 57.5 Å². The van der Waals surface area contributed by atoms with Crippen LogP contribution in [-0.4, -0.2) is 44.8 Å². The minimum Gasteiger partial charge on any atom is -0.482 e. The first-order valence-corrected chi connectivity index (χ1v) is 7.74. The first kappa shape index (κ1) is 16.7. The summed E-state index contributed by atoms with van der Waals surface area (Å²) < 4.78 is 6.35. The Balaban J connectivity index is 1.72. The Labute approximate surface area is 143 Å². The molecule has 0 atom stereocenters. The van der Waals surface area contributed by atoms with Gasteiger partial charge in [0.25, 0.3) is 11.5 Å². The minimum absolute atomic E-state index is 0.156. The number of hydrogen-bond acceptors (Lipinski definition) is 5.